The zero-order chi connectivity index (χ0) is 18.2. The van der Waals surface area contributed by atoms with E-state index >= 15 is 0 Å². The van der Waals surface area contributed by atoms with Gasteiger partial charge in [0.25, 0.3) is 5.56 Å². The third-order valence-electron chi connectivity index (χ3n) is 4.01. The van der Waals surface area contributed by atoms with E-state index in [1.54, 1.807) is 31.4 Å². The molecule has 7 heteroatoms. The number of rotatable bonds is 5. The highest BCUT2D eigenvalue weighted by Crippen LogP contribution is 2.24. The maximum atomic E-state index is 13.1. The van der Waals surface area contributed by atoms with Crippen molar-refractivity contribution in [2.75, 3.05) is 11.4 Å². The molecule has 0 saturated heterocycles. The summed E-state index contributed by atoms with van der Waals surface area (Å²) in [5.74, 6) is -0.282. The molecule has 0 atom stereocenters. The first-order valence-corrected chi connectivity index (χ1v) is 8.91. The number of nitrogens with zero attached hydrogens (tertiary/aromatic N) is 3. The smallest absolute Gasteiger partial charge is 0.259 e. The predicted octanol–water partition coefficient (Wildman–Crippen LogP) is 3.40. The summed E-state index contributed by atoms with van der Waals surface area (Å²) in [6.45, 7) is 6.42. The first kappa shape index (κ1) is 17.6. The van der Waals surface area contributed by atoms with Gasteiger partial charge in [-0.2, -0.15) is 0 Å². The average molecular weight is 363 g/mol. The second-order valence-corrected chi connectivity index (χ2v) is 7.21. The van der Waals surface area contributed by atoms with Gasteiger partial charge >= 0.3 is 0 Å². The van der Waals surface area contributed by atoms with Gasteiger partial charge in [0.2, 0.25) is 0 Å². The Morgan fingerprint density at radius 2 is 2.04 bits per heavy atom. The highest BCUT2D eigenvalue weighted by molar-refractivity contribution is 7.15. The van der Waals surface area contributed by atoms with Crippen LogP contribution in [0.4, 0.5) is 10.1 Å². The molecule has 0 unspecified atom stereocenters. The van der Waals surface area contributed by atoms with Crippen molar-refractivity contribution >= 4 is 22.0 Å². The van der Waals surface area contributed by atoms with Gasteiger partial charge in [0.05, 0.1) is 17.9 Å². The highest BCUT2D eigenvalue weighted by Gasteiger charge is 2.22. The van der Waals surface area contributed by atoms with E-state index in [4.69, 9.17) is 0 Å². The number of anilines is 1. The molecule has 0 aliphatic heterocycles. The summed E-state index contributed by atoms with van der Waals surface area (Å²) in [7, 11) is 0. The number of benzene rings is 1. The molecule has 25 heavy (non-hydrogen) atoms. The monoisotopic (exact) mass is 363 g/mol. The second-order valence-electron chi connectivity index (χ2n) is 6.37. The van der Waals surface area contributed by atoms with Gasteiger partial charge in [0.1, 0.15) is 11.4 Å². The Labute approximate surface area is 150 Å². The number of hydrogen-bond donors (Lipinski definition) is 1. The van der Waals surface area contributed by atoms with Crippen LogP contribution in [0, 0.1) is 5.82 Å². The fourth-order valence-electron chi connectivity index (χ4n) is 2.70. The zero-order valence-electron chi connectivity index (χ0n) is 14.4. The van der Waals surface area contributed by atoms with E-state index in [0.29, 0.717) is 29.4 Å². The van der Waals surface area contributed by atoms with Crippen LogP contribution in [-0.2, 0) is 12.1 Å². The summed E-state index contributed by atoms with van der Waals surface area (Å²) in [6.07, 6.45) is 0. The molecule has 2 heterocycles. The fourth-order valence-corrected chi connectivity index (χ4v) is 3.77. The summed E-state index contributed by atoms with van der Waals surface area (Å²) >= 11 is 1.33. The summed E-state index contributed by atoms with van der Waals surface area (Å²) in [5, 5.41) is 12.0. The molecule has 0 spiro atoms. The van der Waals surface area contributed by atoms with Crippen LogP contribution in [0.3, 0.4) is 0 Å². The summed E-state index contributed by atoms with van der Waals surface area (Å²) in [6, 6.07) is 7.74. The van der Waals surface area contributed by atoms with Gasteiger partial charge in [-0.05, 0) is 45.0 Å². The van der Waals surface area contributed by atoms with Crippen LogP contribution in [-0.4, -0.2) is 21.0 Å². The summed E-state index contributed by atoms with van der Waals surface area (Å²) in [4.78, 5) is 19.7. The second kappa shape index (κ2) is 6.57. The molecule has 1 aromatic carbocycles. The van der Waals surface area contributed by atoms with Crippen molar-refractivity contribution in [3.63, 3.8) is 0 Å². The standard InChI is InChI=1S/C18H20FN3O2S.H2/c1-4-21(14-7-5-12(19)6-8-14)10-13-9-16(23)22-15(18(2,3)24)11-25-17(22)20-13;/h5-9,11,24H,4,10H2,1-3H3;1H. The fraction of sp³-hybridized carbons (Fsp3) is 0.333. The lowest BCUT2D eigenvalue weighted by molar-refractivity contribution is 0.0729. The Hall–Kier alpha value is -2.25. The molecule has 0 radical (unpaired) electrons. The number of aromatic nitrogens is 2. The normalized spacial score (nSPS) is 11.9. The van der Waals surface area contributed by atoms with Crippen molar-refractivity contribution in [2.45, 2.75) is 32.9 Å². The van der Waals surface area contributed by atoms with Crippen molar-refractivity contribution in [3.05, 3.63) is 63.3 Å². The first-order chi connectivity index (χ1) is 11.8. The number of thiazole rings is 1. The lowest BCUT2D eigenvalue weighted by Crippen LogP contribution is -2.27. The van der Waals surface area contributed by atoms with Gasteiger partial charge in [-0.1, -0.05) is 0 Å². The van der Waals surface area contributed by atoms with E-state index in [1.807, 2.05) is 11.8 Å². The van der Waals surface area contributed by atoms with Crippen LogP contribution < -0.4 is 10.5 Å². The Bertz CT molecular complexity index is 948. The molecule has 5 nitrogen and oxygen atoms in total. The van der Waals surface area contributed by atoms with Crippen LogP contribution in [0.1, 0.15) is 33.6 Å². The van der Waals surface area contributed by atoms with Gasteiger partial charge in [-0.3, -0.25) is 9.20 Å². The van der Waals surface area contributed by atoms with Crippen molar-refractivity contribution in [1.82, 2.24) is 9.38 Å². The molecule has 0 fully saturated rings. The molecule has 1 N–H and O–H groups in total. The van der Waals surface area contributed by atoms with E-state index in [0.717, 1.165) is 5.69 Å². The molecule has 0 amide bonds. The number of fused-ring (bicyclic) bond motifs is 1. The average Bonchev–Trinajstić information content (AvgIpc) is 2.98. The van der Waals surface area contributed by atoms with Crippen molar-refractivity contribution < 1.29 is 10.9 Å². The Morgan fingerprint density at radius 1 is 1.36 bits per heavy atom. The predicted molar refractivity (Wildman–Crippen MR) is 99.8 cm³/mol. The Kier molecular flexibility index (Phi) is 4.62. The molecular weight excluding hydrogens is 341 g/mol. The van der Waals surface area contributed by atoms with E-state index in [-0.39, 0.29) is 12.8 Å². The quantitative estimate of drug-likeness (QED) is 0.755. The minimum atomic E-state index is -1.12. The third-order valence-corrected chi connectivity index (χ3v) is 4.84. The van der Waals surface area contributed by atoms with Crippen molar-refractivity contribution in [3.8, 4) is 0 Å². The topological polar surface area (TPSA) is 57.8 Å². The molecule has 3 rings (SSSR count). The van der Waals surface area contributed by atoms with Crippen LogP contribution in [0.2, 0.25) is 0 Å². The van der Waals surface area contributed by atoms with Gasteiger partial charge in [-0.15, -0.1) is 11.3 Å². The van der Waals surface area contributed by atoms with E-state index in [9.17, 15) is 14.3 Å². The molecule has 0 bridgehead atoms. The van der Waals surface area contributed by atoms with Crippen LogP contribution in [0.15, 0.2) is 40.5 Å². The minimum absolute atomic E-state index is 0. The van der Waals surface area contributed by atoms with Crippen molar-refractivity contribution in [1.29, 1.82) is 0 Å². The Balaban J connectivity index is 0.00000243. The third kappa shape index (κ3) is 3.57. The molecule has 3 aromatic rings. The van der Waals surface area contributed by atoms with Crippen LogP contribution >= 0.6 is 11.3 Å². The van der Waals surface area contributed by atoms with Gasteiger partial charge in [-0.25, -0.2) is 9.37 Å². The minimum Gasteiger partial charge on any atom is -0.384 e. The highest BCUT2D eigenvalue weighted by atomic mass is 32.1. The number of aliphatic hydroxyl groups is 1. The van der Waals surface area contributed by atoms with Crippen LogP contribution in [0.5, 0.6) is 0 Å². The number of hydrogen-bond acceptors (Lipinski definition) is 5. The van der Waals surface area contributed by atoms with Gasteiger partial charge in [0, 0.05) is 25.1 Å². The van der Waals surface area contributed by atoms with Gasteiger partial charge in [0.15, 0.2) is 4.96 Å². The van der Waals surface area contributed by atoms with E-state index in [2.05, 4.69) is 4.98 Å². The zero-order valence-corrected chi connectivity index (χ0v) is 15.2. The van der Waals surface area contributed by atoms with Crippen molar-refractivity contribution in [2.24, 2.45) is 0 Å². The summed E-state index contributed by atoms with van der Waals surface area (Å²) in [5.41, 5.74) is 0.708. The van der Waals surface area contributed by atoms with Crippen LogP contribution in [0.25, 0.3) is 4.96 Å². The van der Waals surface area contributed by atoms with E-state index in [1.165, 1.54) is 33.9 Å². The lowest BCUT2D eigenvalue weighted by atomic mass is 10.1. The summed E-state index contributed by atoms with van der Waals surface area (Å²) < 4.78 is 14.6. The molecule has 0 saturated carbocycles. The van der Waals surface area contributed by atoms with E-state index < -0.39 is 5.60 Å². The Morgan fingerprint density at radius 3 is 2.64 bits per heavy atom. The lowest BCUT2D eigenvalue weighted by Gasteiger charge is -2.22. The number of halogens is 1. The largest absolute Gasteiger partial charge is 0.384 e. The first-order valence-electron chi connectivity index (χ1n) is 8.03. The molecular formula is C18H22FN3O2S. The maximum Gasteiger partial charge on any atom is 0.259 e. The van der Waals surface area contributed by atoms with Gasteiger partial charge < -0.3 is 10.0 Å². The SMILES string of the molecule is CCN(Cc1cc(=O)n2c(C(C)(C)O)csc2n1)c1ccc(F)cc1.[HH]. The molecule has 0 aliphatic rings. The molecule has 0 aliphatic carbocycles. The molecule has 2 aromatic heterocycles. The maximum absolute atomic E-state index is 13.1. The molecule has 134 valence electrons.